The second-order valence-corrected chi connectivity index (χ2v) is 10.4. The summed E-state index contributed by atoms with van der Waals surface area (Å²) in [6, 6.07) is 23.2. The van der Waals surface area contributed by atoms with Crippen molar-refractivity contribution in [1.29, 1.82) is 0 Å². The molecule has 0 radical (unpaired) electrons. The van der Waals surface area contributed by atoms with Crippen molar-refractivity contribution in [3.63, 3.8) is 0 Å². The van der Waals surface area contributed by atoms with Crippen molar-refractivity contribution in [1.82, 2.24) is 10.2 Å². The van der Waals surface area contributed by atoms with E-state index in [2.05, 4.69) is 17.4 Å². The number of benzene rings is 3. The quantitative estimate of drug-likeness (QED) is 0.379. The first-order valence-corrected chi connectivity index (χ1v) is 13.2. The predicted octanol–water partition coefficient (Wildman–Crippen LogP) is 6.20. The molecule has 1 unspecified atom stereocenters. The molecule has 3 aromatic carbocycles. The van der Waals surface area contributed by atoms with Crippen molar-refractivity contribution in [2.75, 3.05) is 0 Å². The van der Waals surface area contributed by atoms with E-state index in [9.17, 15) is 9.59 Å². The highest BCUT2D eigenvalue weighted by atomic mass is 35.5. The zero-order chi connectivity index (χ0) is 25.5. The maximum Gasteiger partial charge on any atom is 0.243 e. The zero-order valence-electron chi connectivity index (χ0n) is 21.2. The van der Waals surface area contributed by atoms with Crippen LogP contribution in [-0.2, 0) is 29.0 Å². The van der Waals surface area contributed by atoms with Crippen LogP contribution in [-0.4, -0.2) is 28.8 Å². The van der Waals surface area contributed by atoms with E-state index in [1.54, 1.807) is 4.90 Å². The summed E-state index contributed by atoms with van der Waals surface area (Å²) in [7, 11) is 0. The normalized spacial score (nSPS) is 14.4. The maximum atomic E-state index is 14.0. The Morgan fingerprint density at radius 3 is 2.39 bits per heavy atom. The number of hydrogen-bond donors (Lipinski definition) is 1. The molecule has 3 aromatic rings. The van der Waals surface area contributed by atoms with Gasteiger partial charge < -0.3 is 10.2 Å². The van der Waals surface area contributed by atoms with Crippen LogP contribution < -0.4 is 5.32 Å². The Morgan fingerprint density at radius 1 is 0.944 bits per heavy atom. The minimum absolute atomic E-state index is 0.0637. The Labute approximate surface area is 219 Å². The molecule has 1 fully saturated rings. The van der Waals surface area contributed by atoms with Crippen molar-refractivity contribution in [3.05, 3.63) is 106 Å². The highest BCUT2D eigenvalue weighted by Crippen LogP contribution is 2.22. The standard InChI is InChI=1S/C31H35ClN2O2/c1-22-15-16-23(2)26(17-22)20-30(35)34(21-25-11-8-12-27(32)18-25)29(19-24-9-4-3-5-10-24)31(36)33-28-13-6-7-14-28/h3-5,8-12,15-18,28-29H,6-7,13-14,19-21H2,1-2H3,(H,33,36). The van der Waals surface area contributed by atoms with Gasteiger partial charge in [0.1, 0.15) is 6.04 Å². The van der Waals surface area contributed by atoms with E-state index < -0.39 is 6.04 Å². The molecular formula is C31H35ClN2O2. The maximum absolute atomic E-state index is 14.0. The minimum Gasteiger partial charge on any atom is -0.352 e. The molecule has 5 heteroatoms. The Hall–Kier alpha value is -3.11. The molecule has 4 nitrogen and oxygen atoms in total. The van der Waals surface area contributed by atoms with Gasteiger partial charge in [0.15, 0.2) is 0 Å². The molecule has 0 bridgehead atoms. The van der Waals surface area contributed by atoms with Crippen LogP contribution in [0.3, 0.4) is 0 Å². The fourth-order valence-corrected chi connectivity index (χ4v) is 5.22. The summed E-state index contributed by atoms with van der Waals surface area (Å²) in [5.74, 6) is -0.145. The van der Waals surface area contributed by atoms with Gasteiger partial charge >= 0.3 is 0 Å². The Morgan fingerprint density at radius 2 is 1.67 bits per heavy atom. The molecule has 188 valence electrons. The van der Waals surface area contributed by atoms with Crippen molar-refractivity contribution in [3.8, 4) is 0 Å². The van der Waals surface area contributed by atoms with Gasteiger partial charge in [0, 0.05) is 24.0 Å². The monoisotopic (exact) mass is 502 g/mol. The Kier molecular flexibility index (Phi) is 8.82. The molecular weight excluding hydrogens is 468 g/mol. The van der Waals surface area contributed by atoms with Gasteiger partial charge in [0.05, 0.1) is 6.42 Å². The third-order valence-electron chi connectivity index (χ3n) is 7.06. The van der Waals surface area contributed by atoms with Crippen LogP contribution in [0.15, 0.2) is 72.8 Å². The number of amides is 2. The minimum atomic E-state index is -0.621. The van der Waals surface area contributed by atoms with E-state index in [0.717, 1.165) is 53.5 Å². The molecule has 1 saturated carbocycles. The molecule has 1 aliphatic rings. The number of rotatable bonds is 9. The Bertz CT molecular complexity index is 1190. The summed E-state index contributed by atoms with van der Waals surface area (Å²) >= 11 is 6.28. The summed E-state index contributed by atoms with van der Waals surface area (Å²) in [4.78, 5) is 29.5. The lowest BCUT2D eigenvalue weighted by atomic mass is 9.99. The fourth-order valence-electron chi connectivity index (χ4n) is 5.01. The van der Waals surface area contributed by atoms with Crippen molar-refractivity contribution < 1.29 is 9.59 Å². The van der Waals surface area contributed by atoms with E-state index >= 15 is 0 Å². The third kappa shape index (κ3) is 6.98. The number of nitrogens with one attached hydrogen (secondary N) is 1. The van der Waals surface area contributed by atoms with Crippen LogP contribution in [0.2, 0.25) is 5.02 Å². The van der Waals surface area contributed by atoms with Crippen LogP contribution in [0.5, 0.6) is 0 Å². The highest BCUT2D eigenvalue weighted by molar-refractivity contribution is 6.30. The van der Waals surface area contributed by atoms with Gasteiger partial charge in [-0.3, -0.25) is 9.59 Å². The van der Waals surface area contributed by atoms with E-state index in [1.165, 1.54) is 0 Å². The molecule has 2 amide bonds. The van der Waals surface area contributed by atoms with Crippen LogP contribution in [0.1, 0.15) is 53.5 Å². The third-order valence-corrected chi connectivity index (χ3v) is 7.30. The molecule has 0 heterocycles. The first-order chi connectivity index (χ1) is 17.4. The number of aryl methyl sites for hydroxylation is 2. The van der Waals surface area contributed by atoms with Gasteiger partial charge in [-0.15, -0.1) is 0 Å². The summed E-state index contributed by atoms with van der Waals surface area (Å²) < 4.78 is 0. The van der Waals surface area contributed by atoms with Crippen molar-refractivity contribution in [2.45, 2.75) is 71.0 Å². The molecule has 0 saturated heterocycles. The summed E-state index contributed by atoms with van der Waals surface area (Å²) in [6.45, 7) is 4.38. The van der Waals surface area contributed by atoms with Crippen molar-refractivity contribution >= 4 is 23.4 Å². The van der Waals surface area contributed by atoms with Crippen molar-refractivity contribution in [2.24, 2.45) is 0 Å². The molecule has 4 rings (SSSR count). The average molecular weight is 503 g/mol. The number of carbonyl (C=O) groups excluding carboxylic acids is 2. The lowest BCUT2D eigenvalue weighted by Gasteiger charge is -2.32. The molecule has 0 aliphatic heterocycles. The first kappa shape index (κ1) is 26.0. The van der Waals surface area contributed by atoms with Gasteiger partial charge in [-0.25, -0.2) is 0 Å². The van der Waals surface area contributed by atoms with Gasteiger partial charge in [-0.2, -0.15) is 0 Å². The van der Waals surface area contributed by atoms with Gasteiger partial charge in [-0.1, -0.05) is 90.7 Å². The predicted molar refractivity (Wildman–Crippen MR) is 146 cm³/mol. The summed E-state index contributed by atoms with van der Waals surface area (Å²) in [6.07, 6.45) is 4.95. The van der Waals surface area contributed by atoms with Crippen LogP contribution in [0.4, 0.5) is 0 Å². The molecule has 0 spiro atoms. The molecule has 36 heavy (non-hydrogen) atoms. The van der Waals surface area contributed by atoms with E-state index in [4.69, 9.17) is 11.6 Å². The summed E-state index contributed by atoms with van der Waals surface area (Å²) in [5.41, 5.74) is 5.12. The Balaban J connectivity index is 1.68. The van der Waals surface area contributed by atoms with Gasteiger partial charge in [-0.05, 0) is 61.1 Å². The average Bonchev–Trinajstić information content (AvgIpc) is 3.37. The van der Waals surface area contributed by atoms with Crippen LogP contribution in [0.25, 0.3) is 0 Å². The van der Waals surface area contributed by atoms with E-state index in [0.29, 0.717) is 18.0 Å². The van der Waals surface area contributed by atoms with Crippen LogP contribution in [0, 0.1) is 13.8 Å². The number of nitrogens with zero attached hydrogens (tertiary/aromatic N) is 1. The number of halogens is 1. The molecule has 1 aliphatic carbocycles. The smallest absolute Gasteiger partial charge is 0.243 e. The van der Waals surface area contributed by atoms with Gasteiger partial charge in [0.25, 0.3) is 0 Å². The van der Waals surface area contributed by atoms with E-state index in [1.807, 2.05) is 74.5 Å². The second-order valence-electron chi connectivity index (χ2n) is 9.95. The summed E-state index contributed by atoms with van der Waals surface area (Å²) in [5, 5.41) is 3.87. The fraction of sp³-hybridized carbons (Fsp3) is 0.355. The van der Waals surface area contributed by atoms with E-state index in [-0.39, 0.29) is 24.3 Å². The lowest BCUT2D eigenvalue weighted by molar-refractivity contribution is -0.141. The second kappa shape index (κ2) is 12.2. The lowest BCUT2D eigenvalue weighted by Crippen LogP contribution is -2.52. The topological polar surface area (TPSA) is 49.4 Å². The molecule has 0 aromatic heterocycles. The molecule has 1 N–H and O–H groups in total. The number of hydrogen-bond acceptors (Lipinski definition) is 2. The number of carbonyl (C=O) groups is 2. The highest BCUT2D eigenvalue weighted by Gasteiger charge is 2.32. The van der Waals surface area contributed by atoms with Crippen LogP contribution >= 0.6 is 11.6 Å². The first-order valence-electron chi connectivity index (χ1n) is 12.8. The largest absolute Gasteiger partial charge is 0.352 e. The zero-order valence-corrected chi connectivity index (χ0v) is 21.9. The van der Waals surface area contributed by atoms with Gasteiger partial charge in [0.2, 0.25) is 11.8 Å². The SMILES string of the molecule is Cc1ccc(C)c(CC(=O)N(Cc2cccc(Cl)c2)C(Cc2ccccc2)C(=O)NC2CCCC2)c1. The molecule has 1 atom stereocenters.